The molecule has 27 heavy (non-hydrogen) atoms. The quantitative estimate of drug-likeness (QED) is 0.752. The third-order valence-corrected chi connectivity index (χ3v) is 6.99. The number of sulfonamides is 1. The predicted molar refractivity (Wildman–Crippen MR) is 107 cm³/mol. The number of carbonyl (C=O) groups excluding carboxylic acids is 1. The van der Waals surface area contributed by atoms with Gasteiger partial charge in [0.2, 0.25) is 15.9 Å². The summed E-state index contributed by atoms with van der Waals surface area (Å²) in [5.41, 5.74) is 1.51. The lowest BCUT2D eigenvalue weighted by Gasteiger charge is -2.24. The van der Waals surface area contributed by atoms with Gasteiger partial charge in [-0.15, -0.1) is 0 Å². The van der Waals surface area contributed by atoms with Crippen molar-refractivity contribution in [1.29, 1.82) is 0 Å². The van der Waals surface area contributed by atoms with Crippen LogP contribution in [0, 0.1) is 6.92 Å². The summed E-state index contributed by atoms with van der Waals surface area (Å²) in [6.45, 7) is 2.23. The minimum absolute atomic E-state index is 0.179. The number of ether oxygens (including phenoxy) is 1. The molecule has 1 atom stereocenters. The van der Waals surface area contributed by atoms with E-state index >= 15 is 0 Å². The van der Waals surface area contributed by atoms with Crippen LogP contribution >= 0.6 is 15.9 Å². The molecule has 0 unspecified atom stereocenters. The lowest BCUT2D eigenvalue weighted by Crippen LogP contribution is -2.43. The van der Waals surface area contributed by atoms with Crippen molar-refractivity contribution in [1.82, 2.24) is 4.31 Å². The Kier molecular flexibility index (Phi) is 5.88. The fraction of sp³-hybridized carbons (Fsp3) is 0.316. The summed E-state index contributed by atoms with van der Waals surface area (Å²) in [7, 11) is -2.22. The van der Waals surface area contributed by atoms with Crippen molar-refractivity contribution in [3.63, 3.8) is 0 Å². The van der Waals surface area contributed by atoms with E-state index in [1.165, 1.54) is 23.5 Å². The number of hydrogen-bond acceptors (Lipinski definition) is 4. The van der Waals surface area contributed by atoms with Crippen LogP contribution in [0.2, 0.25) is 0 Å². The zero-order chi connectivity index (χ0) is 19.6. The summed E-state index contributed by atoms with van der Waals surface area (Å²) in [6, 6.07) is 11.1. The number of rotatable bonds is 5. The summed E-state index contributed by atoms with van der Waals surface area (Å²) >= 11 is 3.30. The number of anilines is 1. The molecule has 1 saturated heterocycles. The fourth-order valence-electron chi connectivity index (χ4n) is 3.17. The Morgan fingerprint density at radius 1 is 1.22 bits per heavy atom. The SMILES string of the molecule is COc1ccc(C)cc1NC(=O)[C@H]1CCCN1S(=O)(=O)c1ccc(Br)cc1. The van der Waals surface area contributed by atoms with Gasteiger partial charge in [-0.3, -0.25) is 4.79 Å². The van der Waals surface area contributed by atoms with Crippen molar-refractivity contribution in [2.24, 2.45) is 0 Å². The second kappa shape index (κ2) is 8.00. The molecule has 144 valence electrons. The normalized spacial score (nSPS) is 17.7. The van der Waals surface area contributed by atoms with E-state index in [0.29, 0.717) is 30.8 Å². The first-order chi connectivity index (χ1) is 12.8. The van der Waals surface area contributed by atoms with Gasteiger partial charge in [-0.05, 0) is 61.7 Å². The summed E-state index contributed by atoms with van der Waals surface area (Å²) in [6.07, 6.45) is 1.12. The maximum atomic E-state index is 13.0. The average Bonchev–Trinajstić information content (AvgIpc) is 3.13. The number of benzene rings is 2. The molecule has 3 rings (SSSR count). The zero-order valence-electron chi connectivity index (χ0n) is 15.1. The Labute approximate surface area is 167 Å². The Hall–Kier alpha value is -1.90. The van der Waals surface area contributed by atoms with Crippen molar-refractivity contribution >= 4 is 37.5 Å². The number of amides is 1. The van der Waals surface area contributed by atoms with Gasteiger partial charge in [0.05, 0.1) is 17.7 Å². The third kappa shape index (κ3) is 4.17. The van der Waals surface area contributed by atoms with Gasteiger partial charge in [-0.1, -0.05) is 22.0 Å². The zero-order valence-corrected chi connectivity index (χ0v) is 17.5. The molecule has 0 aliphatic carbocycles. The minimum atomic E-state index is -3.75. The maximum Gasteiger partial charge on any atom is 0.243 e. The number of methoxy groups -OCH3 is 1. The van der Waals surface area contributed by atoms with Crippen molar-refractivity contribution in [2.75, 3.05) is 19.0 Å². The van der Waals surface area contributed by atoms with E-state index in [1.54, 1.807) is 24.3 Å². The van der Waals surface area contributed by atoms with E-state index in [0.717, 1.165) is 10.0 Å². The summed E-state index contributed by atoms with van der Waals surface area (Å²) in [4.78, 5) is 13.0. The van der Waals surface area contributed by atoms with E-state index in [2.05, 4.69) is 21.2 Å². The van der Waals surface area contributed by atoms with Crippen LogP contribution in [0.5, 0.6) is 5.75 Å². The Balaban J connectivity index is 1.85. The van der Waals surface area contributed by atoms with Crippen LogP contribution in [0.4, 0.5) is 5.69 Å². The first-order valence-electron chi connectivity index (χ1n) is 8.56. The predicted octanol–water partition coefficient (Wildman–Crippen LogP) is 3.56. The van der Waals surface area contributed by atoms with Crippen LogP contribution in [0.15, 0.2) is 51.8 Å². The van der Waals surface area contributed by atoms with E-state index in [-0.39, 0.29) is 10.8 Å². The van der Waals surface area contributed by atoms with Crippen molar-refractivity contribution in [3.8, 4) is 5.75 Å². The van der Waals surface area contributed by atoms with Crippen molar-refractivity contribution in [2.45, 2.75) is 30.7 Å². The van der Waals surface area contributed by atoms with Gasteiger partial charge in [0.15, 0.2) is 0 Å². The standard InChI is InChI=1S/C19H21BrN2O4S/c1-13-5-10-18(26-2)16(12-13)21-19(23)17-4-3-11-22(17)27(24,25)15-8-6-14(20)7-9-15/h5-10,12,17H,3-4,11H2,1-2H3,(H,21,23)/t17-/m1/s1. The minimum Gasteiger partial charge on any atom is -0.495 e. The lowest BCUT2D eigenvalue weighted by atomic mass is 10.1. The second-order valence-corrected chi connectivity index (χ2v) is 9.23. The van der Waals surface area contributed by atoms with E-state index < -0.39 is 16.1 Å². The molecule has 6 nitrogen and oxygen atoms in total. The molecule has 0 spiro atoms. The number of halogens is 1. The molecule has 2 aromatic carbocycles. The highest BCUT2D eigenvalue weighted by molar-refractivity contribution is 9.10. The molecule has 2 aromatic rings. The summed E-state index contributed by atoms with van der Waals surface area (Å²) < 4.78 is 33.4. The van der Waals surface area contributed by atoms with Crippen LogP contribution in [-0.4, -0.2) is 38.3 Å². The Bertz CT molecular complexity index is 945. The van der Waals surface area contributed by atoms with Crippen molar-refractivity contribution in [3.05, 3.63) is 52.5 Å². The van der Waals surface area contributed by atoms with Gasteiger partial charge in [0, 0.05) is 11.0 Å². The highest BCUT2D eigenvalue weighted by Gasteiger charge is 2.39. The van der Waals surface area contributed by atoms with Gasteiger partial charge >= 0.3 is 0 Å². The smallest absolute Gasteiger partial charge is 0.243 e. The Morgan fingerprint density at radius 3 is 2.59 bits per heavy atom. The molecule has 0 radical (unpaired) electrons. The van der Waals surface area contributed by atoms with Crippen LogP contribution in [-0.2, 0) is 14.8 Å². The van der Waals surface area contributed by atoms with Crippen LogP contribution in [0.1, 0.15) is 18.4 Å². The second-order valence-electron chi connectivity index (χ2n) is 6.42. The molecular formula is C19H21BrN2O4S. The van der Waals surface area contributed by atoms with Gasteiger partial charge < -0.3 is 10.1 Å². The molecule has 0 bridgehead atoms. The number of aryl methyl sites for hydroxylation is 1. The summed E-state index contributed by atoms with van der Waals surface area (Å²) in [5, 5.41) is 2.83. The molecule has 0 aromatic heterocycles. The topological polar surface area (TPSA) is 75.7 Å². The molecule has 1 N–H and O–H groups in total. The molecule has 1 aliphatic heterocycles. The largest absolute Gasteiger partial charge is 0.495 e. The van der Waals surface area contributed by atoms with Crippen molar-refractivity contribution < 1.29 is 17.9 Å². The lowest BCUT2D eigenvalue weighted by molar-refractivity contribution is -0.119. The maximum absolute atomic E-state index is 13.0. The number of carbonyl (C=O) groups is 1. The van der Waals surface area contributed by atoms with Crippen LogP contribution in [0.25, 0.3) is 0 Å². The Morgan fingerprint density at radius 2 is 1.93 bits per heavy atom. The molecule has 1 fully saturated rings. The van der Waals surface area contributed by atoms with Gasteiger partial charge in [0.25, 0.3) is 0 Å². The van der Waals surface area contributed by atoms with E-state index in [1.807, 2.05) is 13.0 Å². The molecule has 0 saturated carbocycles. The first kappa shape index (κ1) is 19.9. The molecule has 1 amide bonds. The van der Waals surface area contributed by atoms with E-state index in [4.69, 9.17) is 4.74 Å². The van der Waals surface area contributed by atoms with E-state index in [9.17, 15) is 13.2 Å². The summed E-state index contributed by atoms with van der Waals surface area (Å²) in [5.74, 6) is 0.186. The monoisotopic (exact) mass is 452 g/mol. The first-order valence-corrected chi connectivity index (χ1v) is 10.8. The van der Waals surface area contributed by atoms with Gasteiger partial charge in [0.1, 0.15) is 11.8 Å². The molecule has 1 aliphatic rings. The highest BCUT2D eigenvalue weighted by atomic mass is 79.9. The number of nitrogens with one attached hydrogen (secondary N) is 1. The average molecular weight is 453 g/mol. The number of nitrogens with zero attached hydrogens (tertiary/aromatic N) is 1. The van der Waals surface area contributed by atoms with Gasteiger partial charge in [-0.25, -0.2) is 8.42 Å². The molecule has 8 heteroatoms. The molecular weight excluding hydrogens is 432 g/mol. The van der Waals surface area contributed by atoms with Gasteiger partial charge in [-0.2, -0.15) is 4.31 Å². The number of hydrogen-bond donors (Lipinski definition) is 1. The fourth-order valence-corrected chi connectivity index (χ4v) is 5.09. The molecule has 1 heterocycles. The van der Waals surface area contributed by atoms with Crippen LogP contribution in [0.3, 0.4) is 0 Å². The van der Waals surface area contributed by atoms with Crippen LogP contribution < -0.4 is 10.1 Å². The highest BCUT2D eigenvalue weighted by Crippen LogP contribution is 2.30. The third-order valence-electron chi connectivity index (χ3n) is 4.54.